The molecule has 0 aliphatic heterocycles. The van der Waals surface area contributed by atoms with Crippen LogP contribution in [0.4, 0.5) is 5.82 Å². The van der Waals surface area contributed by atoms with Gasteiger partial charge in [-0.25, -0.2) is 9.67 Å². The van der Waals surface area contributed by atoms with Gasteiger partial charge in [0.25, 0.3) is 5.91 Å². The van der Waals surface area contributed by atoms with Crippen LogP contribution in [0.5, 0.6) is 5.75 Å². The zero-order valence-electron chi connectivity index (χ0n) is 12.9. The number of aryl methyl sites for hydroxylation is 1. The van der Waals surface area contributed by atoms with Crippen molar-refractivity contribution in [2.24, 2.45) is 0 Å². The van der Waals surface area contributed by atoms with Gasteiger partial charge in [-0.1, -0.05) is 15.9 Å². The minimum absolute atomic E-state index is 0.220. The molecule has 0 unspecified atom stereocenters. The van der Waals surface area contributed by atoms with Crippen molar-refractivity contribution in [3.05, 3.63) is 70.6 Å². The Kier molecular flexibility index (Phi) is 4.90. The Morgan fingerprint density at radius 2 is 2.04 bits per heavy atom. The van der Waals surface area contributed by atoms with E-state index in [1.807, 2.05) is 37.3 Å². The van der Waals surface area contributed by atoms with Crippen LogP contribution >= 0.6 is 15.9 Å². The molecule has 2 aromatic heterocycles. The first-order chi connectivity index (χ1) is 11.6. The summed E-state index contributed by atoms with van der Waals surface area (Å²) in [5, 5.41) is 6.92. The Morgan fingerprint density at radius 1 is 1.25 bits per heavy atom. The number of pyridine rings is 1. The third-order valence-electron chi connectivity index (χ3n) is 3.21. The molecule has 2 heterocycles. The first kappa shape index (κ1) is 16.2. The van der Waals surface area contributed by atoms with Crippen LogP contribution in [0.2, 0.25) is 0 Å². The van der Waals surface area contributed by atoms with Crippen molar-refractivity contribution < 1.29 is 9.53 Å². The van der Waals surface area contributed by atoms with Crippen LogP contribution < -0.4 is 10.1 Å². The smallest absolute Gasteiger partial charge is 0.277 e. The Labute approximate surface area is 147 Å². The van der Waals surface area contributed by atoms with Crippen molar-refractivity contribution in [1.82, 2.24) is 14.8 Å². The lowest BCUT2D eigenvalue weighted by Gasteiger charge is -2.06. The summed E-state index contributed by atoms with van der Waals surface area (Å²) in [7, 11) is 0. The zero-order valence-corrected chi connectivity index (χ0v) is 14.5. The molecule has 3 rings (SSSR count). The molecule has 0 atom stereocenters. The third kappa shape index (κ3) is 4.20. The van der Waals surface area contributed by atoms with Crippen LogP contribution in [0.15, 0.2) is 59.3 Å². The summed E-state index contributed by atoms with van der Waals surface area (Å²) in [5.74, 6) is 0.916. The first-order valence-electron chi connectivity index (χ1n) is 7.26. The van der Waals surface area contributed by atoms with Crippen LogP contribution in [0, 0.1) is 6.92 Å². The second-order valence-corrected chi connectivity index (χ2v) is 6.06. The molecule has 1 aromatic carbocycles. The maximum absolute atomic E-state index is 12.2. The Balaban J connectivity index is 1.60. The molecule has 6 nitrogen and oxygen atoms in total. The number of anilines is 1. The average Bonchev–Trinajstić information content (AvgIpc) is 3.03. The highest BCUT2D eigenvalue weighted by molar-refractivity contribution is 9.10. The van der Waals surface area contributed by atoms with Crippen molar-refractivity contribution in [3.8, 4) is 5.75 Å². The second kappa shape index (κ2) is 7.27. The Hall–Kier alpha value is -2.67. The average molecular weight is 387 g/mol. The largest absolute Gasteiger partial charge is 0.471 e. The summed E-state index contributed by atoms with van der Waals surface area (Å²) in [5.41, 5.74) is 1.33. The lowest BCUT2D eigenvalue weighted by molar-refractivity contribution is 0.102. The SMILES string of the molecule is Cc1ccnc(NC(=O)c2ccn(COc3ccc(Br)cc3)n2)c1. The van der Waals surface area contributed by atoms with E-state index in [-0.39, 0.29) is 12.6 Å². The molecular formula is C17H15BrN4O2. The number of amides is 1. The molecule has 0 spiro atoms. The molecule has 0 saturated heterocycles. The standard InChI is InChI=1S/C17H15BrN4O2/c1-12-6-8-19-16(10-12)20-17(23)15-7-9-22(21-15)11-24-14-4-2-13(18)3-5-14/h2-10H,11H2,1H3,(H,19,20,23). The predicted molar refractivity (Wildman–Crippen MR) is 93.9 cm³/mol. The number of hydrogen-bond acceptors (Lipinski definition) is 4. The van der Waals surface area contributed by atoms with E-state index in [0.29, 0.717) is 11.5 Å². The van der Waals surface area contributed by atoms with Gasteiger partial charge in [-0.2, -0.15) is 5.10 Å². The highest BCUT2D eigenvalue weighted by Gasteiger charge is 2.10. The molecule has 7 heteroatoms. The topological polar surface area (TPSA) is 69.0 Å². The number of nitrogens with zero attached hydrogens (tertiary/aromatic N) is 3. The third-order valence-corrected chi connectivity index (χ3v) is 3.74. The normalized spacial score (nSPS) is 10.4. The van der Waals surface area contributed by atoms with Gasteiger partial charge in [0.1, 0.15) is 11.6 Å². The highest BCUT2D eigenvalue weighted by atomic mass is 79.9. The van der Waals surface area contributed by atoms with Gasteiger partial charge in [-0.05, 0) is 55.0 Å². The molecule has 0 fully saturated rings. The monoisotopic (exact) mass is 386 g/mol. The number of rotatable bonds is 5. The summed E-state index contributed by atoms with van der Waals surface area (Å²) in [6.45, 7) is 2.16. The van der Waals surface area contributed by atoms with Gasteiger partial charge in [0.15, 0.2) is 12.4 Å². The quantitative estimate of drug-likeness (QED) is 0.726. The van der Waals surface area contributed by atoms with E-state index in [1.165, 1.54) is 0 Å². The van der Waals surface area contributed by atoms with Crippen molar-refractivity contribution in [1.29, 1.82) is 0 Å². The summed E-state index contributed by atoms with van der Waals surface area (Å²) in [6, 6.07) is 12.8. The summed E-state index contributed by atoms with van der Waals surface area (Å²) >= 11 is 3.37. The maximum atomic E-state index is 12.2. The minimum atomic E-state index is -0.310. The van der Waals surface area contributed by atoms with E-state index < -0.39 is 0 Å². The van der Waals surface area contributed by atoms with E-state index in [1.54, 1.807) is 29.2 Å². The van der Waals surface area contributed by atoms with Gasteiger partial charge < -0.3 is 10.1 Å². The molecule has 3 aromatic rings. The first-order valence-corrected chi connectivity index (χ1v) is 8.05. The number of nitrogens with one attached hydrogen (secondary N) is 1. The Bertz CT molecular complexity index is 846. The van der Waals surface area contributed by atoms with Crippen LogP contribution in [0.1, 0.15) is 16.1 Å². The molecule has 1 amide bonds. The Morgan fingerprint density at radius 3 is 2.79 bits per heavy atom. The minimum Gasteiger partial charge on any atom is -0.471 e. The van der Waals surface area contributed by atoms with E-state index in [2.05, 4.69) is 31.3 Å². The van der Waals surface area contributed by atoms with E-state index in [0.717, 1.165) is 15.8 Å². The van der Waals surface area contributed by atoms with Gasteiger partial charge in [0, 0.05) is 16.9 Å². The van der Waals surface area contributed by atoms with E-state index in [4.69, 9.17) is 4.74 Å². The van der Waals surface area contributed by atoms with Crippen molar-refractivity contribution >= 4 is 27.7 Å². The number of aromatic nitrogens is 3. The fraction of sp³-hybridized carbons (Fsp3) is 0.118. The fourth-order valence-electron chi connectivity index (χ4n) is 2.01. The van der Waals surface area contributed by atoms with E-state index in [9.17, 15) is 4.79 Å². The number of carbonyl (C=O) groups excluding carboxylic acids is 1. The van der Waals surface area contributed by atoms with E-state index >= 15 is 0 Å². The summed E-state index contributed by atoms with van der Waals surface area (Å²) < 4.78 is 8.15. The van der Waals surface area contributed by atoms with Crippen LogP contribution in [0.3, 0.4) is 0 Å². The molecule has 0 radical (unpaired) electrons. The highest BCUT2D eigenvalue weighted by Crippen LogP contribution is 2.16. The number of carbonyl (C=O) groups is 1. The van der Waals surface area contributed by atoms with Crippen molar-refractivity contribution in [2.75, 3.05) is 5.32 Å². The van der Waals surface area contributed by atoms with Gasteiger partial charge in [0.05, 0.1) is 0 Å². The fourth-order valence-corrected chi connectivity index (χ4v) is 2.28. The number of benzene rings is 1. The van der Waals surface area contributed by atoms with Gasteiger partial charge >= 0.3 is 0 Å². The predicted octanol–water partition coefficient (Wildman–Crippen LogP) is 3.64. The molecule has 1 N–H and O–H groups in total. The number of halogens is 1. The molecule has 24 heavy (non-hydrogen) atoms. The van der Waals surface area contributed by atoms with Crippen molar-refractivity contribution in [3.63, 3.8) is 0 Å². The summed E-state index contributed by atoms with van der Waals surface area (Å²) in [4.78, 5) is 16.3. The molecule has 122 valence electrons. The molecule has 0 aliphatic carbocycles. The zero-order chi connectivity index (χ0) is 16.9. The van der Waals surface area contributed by atoms with Gasteiger partial charge in [-0.3, -0.25) is 4.79 Å². The van der Waals surface area contributed by atoms with Crippen molar-refractivity contribution in [2.45, 2.75) is 13.7 Å². The number of hydrogen-bond donors (Lipinski definition) is 1. The van der Waals surface area contributed by atoms with Crippen LogP contribution in [-0.4, -0.2) is 20.7 Å². The maximum Gasteiger partial charge on any atom is 0.277 e. The summed E-state index contributed by atoms with van der Waals surface area (Å²) in [6.07, 6.45) is 3.34. The molecule has 0 saturated carbocycles. The number of ether oxygens (including phenoxy) is 1. The lowest BCUT2D eigenvalue weighted by Crippen LogP contribution is -2.15. The van der Waals surface area contributed by atoms with Crippen LogP contribution in [0.25, 0.3) is 0 Å². The second-order valence-electron chi connectivity index (χ2n) is 5.14. The van der Waals surface area contributed by atoms with Crippen LogP contribution in [-0.2, 0) is 6.73 Å². The molecule has 0 aliphatic rings. The lowest BCUT2D eigenvalue weighted by atomic mass is 10.3. The molecular weight excluding hydrogens is 372 g/mol. The van der Waals surface area contributed by atoms with Gasteiger partial charge in [-0.15, -0.1) is 0 Å². The van der Waals surface area contributed by atoms with Gasteiger partial charge in [0.2, 0.25) is 0 Å². The molecule has 0 bridgehead atoms.